The third kappa shape index (κ3) is 2.83. The Hall–Kier alpha value is -1.94. The summed E-state index contributed by atoms with van der Waals surface area (Å²) < 4.78 is 26.6. The minimum Gasteiger partial charge on any atom is -0.364 e. The first-order valence-corrected chi connectivity index (χ1v) is 9.23. The molecule has 3 rings (SSSR count). The van der Waals surface area contributed by atoms with Gasteiger partial charge in [0, 0.05) is 19.6 Å². The molecule has 1 aromatic heterocycles. The van der Waals surface area contributed by atoms with Crippen molar-refractivity contribution in [3.05, 3.63) is 17.7 Å². The number of aromatic nitrogens is 2. The minimum absolute atomic E-state index is 0.206. The molecule has 23 heavy (non-hydrogen) atoms. The van der Waals surface area contributed by atoms with Crippen molar-refractivity contribution >= 4 is 21.8 Å². The predicted octanol–water partition coefficient (Wildman–Crippen LogP) is -1.25. The van der Waals surface area contributed by atoms with Crippen LogP contribution in [0.4, 0.5) is 0 Å². The van der Waals surface area contributed by atoms with E-state index < -0.39 is 22.0 Å². The van der Waals surface area contributed by atoms with E-state index in [0.29, 0.717) is 44.0 Å². The number of nitrogens with zero attached hydrogens (tertiary/aromatic N) is 4. The van der Waals surface area contributed by atoms with Gasteiger partial charge in [0.15, 0.2) is 0 Å². The molecule has 0 saturated carbocycles. The SMILES string of the molecule is CS(=O)(=O)N1CCC[C@H]1C(=O)N1CCn2c(C(N)=O)cnc2C1. The molecule has 0 bridgehead atoms. The number of carbonyl (C=O) groups excluding carboxylic acids is 2. The van der Waals surface area contributed by atoms with E-state index in [2.05, 4.69) is 4.98 Å². The van der Waals surface area contributed by atoms with Gasteiger partial charge in [-0.05, 0) is 12.8 Å². The third-order valence-corrected chi connectivity index (χ3v) is 5.63. The molecule has 0 radical (unpaired) electrons. The maximum Gasteiger partial charge on any atom is 0.266 e. The molecular formula is C13H19N5O4S. The second kappa shape index (κ2) is 5.60. The largest absolute Gasteiger partial charge is 0.364 e. The van der Waals surface area contributed by atoms with Crippen LogP contribution in [0.3, 0.4) is 0 Å². The summed E-state index contributed by atoms with van der Waals surface area (Å²) in [5.41, 5.74) is 5.61. The molecule has 2 N–H and O–H groups in total. The van der Waals surface area contributed by atoms with Gasteiger partial charge in [0.25, 0.3) is 5.91 Å². The maximum absolute atomic E-state index is 12.7. The fourth-order valence-electron chi connectivity index (χ4n) is 3.24. The highest BCUT2D eigenvalue weighted by atomic mass is 32.2. The number of fused-ring (bicyclic) bond motifs is 1. The number of hydrogen-bond donors (Lipinski definition) is 1. The Bertz CT molecular complexity index is 756. The number of hydrogen-bond acceptors (Lipinski definition) is 5. The highest BCUT2D eigenvalue weighted by Crippen LogP contribution is 2.24. The van der Waals surface area contributed by atoms with E-state index in [0.717, 1.165) is 6.26 Å². The summed E-state index contributed by atoms with van der Waals surface area (Å²) in [4.78, 5) is 29.8. The zero-order chi connectivity index (χ0) is 16.8. The lowest BCUT2D eigenvalue weighted by molar-refractivity contribution is -0.136. The molecule has 1 aromatic rings. The zero-order valence-electron chi connectivity index (χ0n) is 12.8. The molecule has 2 amide bonds. The number of rotatable bonds is 3. The van der Waals surface area contributed by atoms with Crippen molar-refractivity contribution in [2.75, 3.05) is 19.3 Å². The Balaban J connectivity index is 1.78. The second-order valence-electron chi connectivity index (χ2n) is 5.87. The van der Waals surface area contributed by atoms with E-state index in [1.54, 1.807) is 9.47 Å². The zero-order valence-corrected chi connectivity index (χ0v) is 13.6. The van der Waals surface area contributed by atoms with E-state index in [-0.39, 0.29) is 12.5 Å². The third-order valence-electron chi connectivity index (χ3n) is 4.34. The summed E-state index contributed by atoms with van der Waals surface area (Å²) in [5, 5.41) is 0. The number of nitrogens with two attached hydrogens (primary N) is 1. The first-order valence-electron chi connectivity index (χ1n) is 7.39. The standard InChI is InChI=1S/C13H19N5O4S/c1-23(21,22)18-4-2-3-9(18)13(20)16-5-6-17-10(12(14)19)7-15-11(17)8-16/h7,9H,2-6,8H2,1H3,(H2,14,19)/t9-/m0/s1. The normalized spacial score (nSPS) is 22.1. The summed E-state index contributed by atoms with van der Waals surface area (Å²) in [6.07, 6.45) is 3.74. The number of imidazole rings is 1. The highest BCUT2D eigenvalue weighted by Gasteiger charge is 2.39. The van der Waals surface area contributed by atoms with Gasteiger partial charge in [-0.15, -0.1) is 0 Å². The Labute approximate surface area is 134 Å². The molecule has 0 aliphatic carbocycles. The monoisotopic (exact) mass is 341 g/mol. The van der Waals surface area contributed by atoms with Crippen molar-refractivity contribution < 1.29 is 18.0 Å². The second-order valence-corrected chi connectivity index (χ2v) is 7.80. The summed E-state index contributed by atoms with van der Waals surface area (Å²) >= 11 is 0. The van der Waals surface area contributed by atoms with Gasteiger partial charge in [0.05, 0.1) is 19.0 Å². The van der Waals surface area contributed by atoms with E-state index in [1.165, 1.54) is 10.5 Å². The van der Waals surface area contributed by atoms with Gasteiger partial charge >= 0.3 is 0 Å². The van der Waals surface area contributed by atoms with Crippen LogP contribution in [-0.4, -0.2) is 64.4 Å². The fraction of sp³-hybridized carbons (Fsp3) is 0.615. The van der Waals surface area contributed by atoms with E-state index >= 15 is 0 Å². The van der Waals surface area contributed by atoms with Crippen LogP contribution in [0.2, 0.25) is 0 Å². The number of sulfonamides is 1. The number of primary amides is 1. The van der Waals surface area contributed by atoms with Gasteiger partial charge < -0.3 is 15.2 Å². The maximum atomic E-state index is 12.7. The van der Waals surface area contributed by atoms with E-state index in [4.69, 9.17) is 5.73 Å². The molecule has 126 valence electrons. The summed E-state index contributed by atoms with van der Waals surface area (Å²) in [7, 11) is -3.40. The van der Waals surface area contributed by atoms with Crippen molar-refractivity contribution in [1.29, 1.82) is 0 Å². The lowest BCUT2D eigenvalue weighted by atomic mass is 10.2. The molecule has 0 unspecified atom stereocenters. The Kier molecular flexibility index (Phi) is 3.88. The molecule has 0 aromatic carbocycles. The van der Waals surface area contributed by atoms with Gasteiger partial charge in [-0.3, -0.25) is 9.59 Å². The van der Waals surface area contributed by atoms with Crippen molar-refractivity contribution in [1.82, 2.24) is 18.8 Å². The summed E-state index contributed by atoms with van der Waals surface area (Å²) in [6, 6.07) is -0.637. The van der Waals surface area contributed by atoms with Crippen molar-refractivity contribution in [3.63, 3.8) is 0 Å². The van der Waals surface area contributed by atoms with Crippen molar-refractivity contribution in [2.24, 2.45) is 5.73 Å². The summed E-state index contributed by atoms with van der Waals surface area (Å²) in [5.74, 6) is -0.173. The van der Waals surface area contributed by atoms with E-state index in [9.17, 15) is 18.0 Å². The molecule has 9 nitrogen and oxygen atoms in total. The fourth-order valence-corrected chi connectivity index (χ4v) is 4.36. The Morgan fingerprint density at radius 3 is 2.70 bits per heavy atom. The lowest BCUT2D eigenvalue weighted by Gasteiger charge is -2.32. The molecule has 10 heteroatoms. The first-order chi connectivity index (χ1) is 10.8. The highest BCUT2D eigenvalue weighted by molar-refractivity contribution is 7.88. The predicted molar refractivity (Wildman–Crippen MR) is 80.7 cm³/mol. The van der Waals surface area contributed by atoms with Gasteiger partial charge in [0.2, 0.25) is 15.9 Å². The Morgan fingerprint density at radius 2 is 2.04 bits per heavy atom. The Morgan fingerprint density at radius 1 is 1.30 bits per heavy atom. The van der Waals surface area contributed by atoms with Crippen LogP contribution in [0, 0.1) is 0 Å². The average Bonchev–Trinajstić information content (AvgIpc) is 3.11. The number of amides is 2. The van der Waals surface area contributed by atoms with Crippen LogP contribution >= 0.6 is 0 Å². The van der Waals surface area contributed by atoms with Crippen LogP contribution in [-0.2, 0) is 27.9 Å². The van der Waals surface area contributed by atoms with Crippen LogP contribution in [0.5, 0.6) is 0 Å². The molecule has 2 aliphatic rings. The van der Waals surface area contributed by atoms with Gasteiger partial charge in [-0.25, -0.2) is 13.4 Å². The van der Waals surface area contributed by atoms with Crippen LogP contribution < -0.4 is 5.73 Å². The lowest BCUT2D eigenvalue weighted by Crippen LogP contribution is -2.49. The van der Waals surface area contributed by atoms with Crippen molar-refractivity contribution in [3.8, 4) is 0 Å². The van der Waals surface area contributed by atoms with Gasteiger partial charge in [0.1, 0.15) is 17.6 Å². The van der Waals surface area contributed by atoms with Gasteiger partial charge in [-0.1, -0.05) is 0 Å². The van der Waals surface area contributed by atoms with E-state index in [1.807, 2.05) is 0 Å². The van der Waals surface area contributed by atoms with Gasteiger partial charge in [-0.2, -0.15) is 4.31 Å². The van der Waals surface area contributed by atoms with Crippen LogP contribution in [0.25, 0.3) is 0 Å². The summed E-state index contributed by atoms with van der Waals surface area (Å²) in [6.45, 7) is 1.45. The molecule has 2 aliphatic heterocycles. The molecular weight excluding hydrogens is 322 g/mol. The number of carbonyl (C=O) groups is 2. The topological polar surface area (TPSA) is 119 Å². The molecule has 1 fully saturated rings. The smallest absolute Gasteiger partial charge is 0.266 e. The first kappa shape index (κ1) is 15.9. The minimum atomic E-state index is -3.40. The van der Waals surface area contributed by atoms with Crippen LogP contribution in [0.1, 0.15) is 29.2 Å². The molecule has 0 spiro atoms. The molecule has 1 atom stereocenters. The average molecular weight is 341 g/mol. The quantitative estimate of drug-likeness (QED) is 0.737. The molecule has 1 saturated heterocycles. The molecule has 3 heterocycles. The van der Waals surface area contributed by atoms with Crippen LogP contribution in [0.15, 0.2) is 6.20 Å². The van der Waals surface area contributed by atoms with Crippen molar-refractivity contribution in [2.45, 2.75) is 32.0 Å².